The summed E-state index contributed by atoms with van der Waals surface area (Å²) >= 11 is 0. The zero-order valence-electron chi connectivity index (χ0n) is 9.78. The molecule has 0 radical (unpaired) electrons. The number of primary amides is 1. The molecule has 0 heterocycles. The molecule has 1 aromatic rings. The van der Waals surface area contributed by atoms with Crippen molar-refractivity contribution in [1.29, 1.82) is 0 Å². The Morgan fingerprint density at radius 3 is 2.33 bits per heavy atom. The molecule has 1 atom stereocenters. The van der Waals surface area contributed by atoms with E-state index < -0.39 is 16.2 Å². The molecule has 0 aliphatic carbocycles. The SMILES string of the molecule is CC(CO)c1cccc(C(N)=O)c1.NS(=O)(=O)O. The summed E-state index contributed by atoms with van der Waals surface area (Å²) in [5.41, 5.74) is 6.54. The number of carbonyl (C=O) groups excluding carboxylic acids is 1. The van der Waals surface area contributed by atoms with Crippen molar-refractivity contribution in [1.82, 2.24) is 0 Å². The molecule has 0 saturated carbocycles. The van der Waals surface area contributed by atoms with Crippen LogP contribution in [0.2, 0.25) is 0 Å². The molecule has 1 amide bonds. The van der Waals surface area contributed by atoms with Crippen molar-refractivity contribution in [3.63, 3.8) is 0 Å². The van der Waals surface area contributed by atoms with Gasteiger partial charge < -0.3 is 10.8 Å². The zero-order valence-corrected chi connectivity index (χ0v) is 10.6. The van der Waals surface area contributed by atoms with Gasteiger partial charge in [-0.2, -0.15) is 8.42 Å². The number of hydrogen-bond donors (Lipinski definition) is 4. The van der Waals surface area contributed by atoms with Gasteiger partial charge in [0.25, 0.3) is 0 Å². The number of amides is 1. The Labute approximate surface area is 105 Å². The van der Waals surface area contributed by atoms with Gasteiger partial charge in [0.05, 0.1) is 0 Å². The van der Waals surface area contributed by atoms with E-state index in [1.165, 1.54) is 0 Å². The van der Waals surface area contributed by atoms with E-state index >= 15 is 0 Å². The second-order valence-electron chi connectivity index (χ2n) is 3.59. The lowest BCUT2D eigenvalue weighted by Gasteiger charge is -2.08. The molecule has 8 heteroatoms. The molecular formula is C10H16N2O5S. The van der Waals surface area contributed by atoms with E-state index in [1.54, 1.807) is 18.2 Å². The Balaban J connectivity index is 0.000000494. The van der Waals surface area contributed by atoms with Crippen molar-refractivity contribution in [3.05, 3.63) is 35.4 Å². The monoisotopic (exact) mass is 276 g/mol. The maximum atomic E-state index is 10.8. The lowest BCUT2D eigenvalue weighted by atomic mass is 10.00. The molecule has 0 aliphatic rings. The number of benzene rings is 1. The van der Waals surface area contributed by atoms with Crippen LogP contribution in [0.1, 0.15) is 28.8 Å². The lowest BCUT2D eigenvalue weighted by molar-refractivity contribution is 0.1000. The summed E-state index contributed by atoms with van der Waals surface area (Å²) in [4.78, 5) is 10.8. The summed E-state index contributed by atoms with van der Waals surface area (Å²) < 4.78 is 25.2. The van der Waals surface area contributed by atoms with Crippen LogP contribution in [0.5, 0.6) is 0 Å². The van der Waals surface area contributed by atoms with E-state index in [0.717, 1.165) is 5.56 Å². The van der Waals surface area contributed by atoms with Crippen LogP contribution in [-0.2, 0) is 10.3 Å². The number of aliphatic hydroxyl groups is 1. The summed E-state index contributed by atoms with van der Waals surface area (Å²) in [7, 11) is -4.17. The number of nitrogens with two attached hydrogens (primary N) is 2. The minimum absolute atomic E-state index is 0.0410. The molecule has 0 fully saturated rings. The molecule has 1 aromatic carbocycles. The summed E-state index contributed by atoms with van der Waals surface area (Å²) in [6.45, 7) is 1.96. The average molecular weight is 276 g/mol. The first-order valence-electron chi connectivity index (χ1n) is 4.91. The number of carbonyl (C=O) groups is 1. The molecule has 0 saturated heterocycles. The third-order valence-corrected chi connectivity index (χ3v) is 2.01. The Morgan fingerprint density at radius 1 is 1.44 bits per heavy atom. The Kier molecular flexibility index (Phi) is 6.48. The number of aliphatic hydroxyl groups excluding tert-OH is 1. The van der Waals surface area contributed by atoms with Crippen LogP contribution >= 0.6 is 0 Å². The van der Waals surface area contributed by atoms with Crippen LogP contribution in [0.3, 0.4) is 0 Å². The molecular weight excluding hydrogens is 260 g/mol. The molecule has 1 rings (SSSR count). The van der Waals surface area contributed by atoms with Gasteiger partial charge in [-0.3, -0.25) is 9.35 Å². The fourth-order valence-electron chi connectivity index (χ4n) is 1.10. The quantitative estimate of drug-likeness (QED) is 0.557. The van der Waals surface area contributed by atoms with Gasteiger partial charge in [0, 0.05) is 18.1 Å². The van der Waals surface area contributed by atoms with Gasteiger partial charge in [0.15, 0.2) is 0 Å². The first kappa shape index (κ1) is 16.5. The van der Waals surface area contributed by atoms with Crippen LogP contribution in [0.15, 0.2) is 24.3 Å². The van der Waals surface area contributed by atoms with Crippen molar-refractivity contribution in [2.24, 2.45) is 10.9 Å². The molecule has 0 bridgehead atoms. The summed E-state index contributed by atoms with van der Waals surface area (Å²) in [6.07, 6.45) is 0. The van der Waals surface area contributed by atoms with Crippen molar-refractivity contribution < 1.29 is 22.9 Å². The predicted octanol–water partition coefficient (Wildman–Crippen LogP) is -0.371. The van der Waals surface area contributed by atoms with Crippen LogP contribution in [-0.4, -0.2) is 30.6 Å². The van der Waals surface area contributed by atoms with E-state index in [9.17, 15) is 4.79 Å². The van der Waals surface area contributed by atoms with Crippen molar-refractivity contribution in [2.75, 3.05) is 6.61 Å². The average Bonchev–Trinajstić information content (AvgIpc) is 2.26. The first-order chi connectivity index (χ1) is 8.15. The van der Waals surface area contributed by atoms with Gasteiger partial charge in [-0.1, -0.05) is 19.1 Å². The molecule has 18 heavy (non-hydrogen) atoms. The largest absolute Gasteiger partial charge is 0.396 e. The molecule has 0 aromatic heterocycles. The molecule has 0 aliphatic heterocycles. The molecule has 0 spiro atoms. The minimum Gasteiger partial charge on any atom is -0.396 e. The van der Waals surface area contributed by atoms with Gasteiger partial charge in [-0.15, -0.1) is 0 Å². The predicted molar refractivity (Wildman–Crippen MR) is 66.2 cm³/mol. The smallest absolute Gasteiger partial charge is 0.330 e. The Morgan fingerprint density at radius 2 is 1.94 bits per heavy atom. The third-order valence-electron chi connectivity index (χ3n) is 2.01. The molecule has 6 N–H and O–H groups in total. The highest BCUT2D eigenvalue weighted by Gasteiger charge is 2.06. The normalized spacial score (nSPS) is 12.2. The molecule has 102 valence electrons. The highest BCUT2D eigenvalue weighted by Crippen LogP contribution is 2.15. The van der Waals surface area contributed by atoms with Gasteiger partial charge in [0.2, 0.25) is 5.91 Å². The lowest BCUT2D eigenvalue weighted by Crippen LogP contribution is -2.11. The molecule has 7 nitrogen and oxygen atoms in total. The van der Waals surface area contributed by atoms with E-state index in [-0.39, 0.29) is 12.5 Å². The van der Waals surface area contributed by atoms with Crippen LogP contribution in [0.4, 0.5) is 0 Å². The molecule has 1 unspecified atom stereocenters. The highest BCUT2D eigenvalue weighted by molar-refractivity contribution is 7.83. The maximum absolute atomic E-state index is 10.8. The highest BCUT2D eigenvalue weighted by atomic mass is 32.2. The van der Waals surface area contributed by atoms with E-state index in [2.05, 4.69) is 5.14 Å². The first-order valence-corrected chi connectivity index (χ1v) is 6.41. The number of hydrogen-bond acceptors (Lipinski definition) is 4. The van der Waals surface area contributed by atoms with E-state index in [1.807, 2.05) is 13.0 Å². The second kappa shape index (κ2) is 7.07. The van der Waals surface area contributed by atoms with Crippen molar-refractivity contribution in [3.8, 4) is 0 Å². The minimum atomic E-state index is -4.17. The summed E-state index contributed by atoms with van der Waals surface area (Å²) in [6, 6.07) is 7.01. The summed E-state index contributed by atoms with van der Waals surface area (Å²) in [5.74, 6) is -0.397. The fourth-order valence-corrected chi connectivity index (χ4v) is 1.10. The Hall–Kier alpha value is -1.48. The van der Waals surface area contributed by atoms with Crippen LogP contribution < -0.4 is 10.9 Å². The zero-order chi connectivity index (χ0) is 14.3. The van der Waals surface area contributed by atoms with Crippen molar-refractivity contribution in [2.45, 2.75) is 12.8 Å². The maximum Gasteiger partial charge on any atom is 0.330 e. The van der Waals surface area contributed by atoms with Crippen LogP contribution in [0, 0.1) is 0 Å². The van der Waals surface area contributed by atoms with Gasteiger partial charge in [0.1, 0.15) is 0 Å². The van der Waals surface area contributed by atoms with E-state index in [0.29, 0.717) is 5.56 Å². The third kappa shape index (κ3) is 7.74. The van der Waals surface area contributed by atoms with Crippen LogP contribution in [0.25, 0.3) is 0 Å². The summed E-state index contributed by atoms with van der Waals surface area (Å²) in [5, 5.41) is 12.8. The second-order valence-corrected chi connectivity index (χ2v) is 4.62. The Bertz CT molecular complexity index is 493. The number of rotatable bonds is 3. The van der Waals surface area contributed by atoms with Crippen molar-refractivity contribution >= 4 is 16.2 Å². The fraction of sp³-hybridized carbons (Fsp3) is 0.300. The van der Waals surface area contributed by atoms with Gasteiger partial charge in [-0.05, 0) is 17.7 Å². The van der Waals surface area contributed by atoms with Gasteiger partial charge >= 0.3 is 10.3 Å². The standard InChI is InChI=1S/C10H13NO2.H3NO3S/c1-7(6-12)8-3-2-4-9(5-8)10(11)13;1-5(2,3)4/h2-5,7,12H,6H2,1H3,(H2,11,13);(H3,1,2,3,4). The topological polar surface area (TPSA) is 144 Å². The van der Waals surface area contributed by atoms with Gasteiger partial charge in [-0.25, -0.2) is 5.14 Å². The van der Waals surface area contributed by atoms with E-state index in [4.69, 9.17) is 23.8 Å².